The third kappa shape index (κ3) is 3.76. The van der Waals surface area contributed by atoms with Crippen molar-refractivity contribution in [3.05, 3.63) is 29.8 Å². The van der Waals surface area contributed by atoms with Gasteiger partial charge in [-0.1, -0.05) is 26.0 Å². The van der Waals surface area contributed by atoms with Crippen LogP contribution in [-0.4, -0.2) is 31.6 Å². The van der Waals surface area contributed by atoms with Crippen LogP contribution in [0, 0.1) is 0 Å². The molecule has 0 spiro atoms. The highest BCUT2D eigenvalue weighted by Gasteiger charge is 2.25. The lowest BCUT2D eigenvalue weighted by Crippen LogP contribution is -2.54. The Bertz CT molecular complexity index is 458. The summed E-state index contributed by atoms with van der Waals surface area (Å²) in [5.74, 6) is 0.112. The first kappa shape index (κ1) is 15.8. The number of nitrogens with zero attached hydrogens (tertiary/aromatic N) is 1. The van der Waals surface area contributed by atoms with Crippen molar-refractivity contribution in [3.8, 4) is 0 Å². The van der Waals surface area contributed by atoms with E-state index in [1.807, 2.05) is 6.92 Å². The number of benzene rings is 1. The molecule has 0 radical (unpaired) electrons. The zero-order valence-electron chi connectivity index (χ0n) is 13.4. The second kappa shape index (κ2) is 7.46. The summed E-state index contributed by atoms with van der Waals surface area (Å²) in [6.45, 7) is 8.99. The fourth-order valence-corrected chi connectivity index (χ4v) is 2.85. The SMILES string of the molecule is CCCNC(CC)c1ccc(N2CCNC(=O)C2C)cc1. The normalized spacial score (nSPS) is 20.2. The summed E-state index contributed by atoms with van der Waals surface area (Å²) in [5, 5.41) is 6.48. The molecule has 0 bridgehead atoms. The standard InChI is InChI=1S/C17H27N3O/c1-4-10-18-16(5-2)14-6-8-15(9-7-14)20-12-11-19-17(21)13(20)3/h6-9,13,16,18H,4-5,10-12H2,1-3H3,(H,19,21). The fourth-order valence-electron chi connectivity index (χ4n) is 2.85. The quantitative estimate of drug-likeness (QED) is 0.845. The van der Waals surface area contributed by atoms with Crippen LogP contribution in [0.15, 0.2) is 24.3 Å². The van der Waals surface area contributed by atoms with E-state index in [-0.39, 0.29) is 11.9 Å². The zero-order chi connectivity index (χ0) is 15.2. The summed E-state index contributed by atoms with van der Waals surface area (Å²) in [7, 11) is 0. The number of piperazine rings is 1. The maximum atomic E-state index is 11.8. The van der Waals surface area contributed by atoms with Crippen molar-refractivity contribution in [1.29, 1.82) is 0 Å². The van der Waals surface area contributed by atoms with Gasteiger partial charge in [-0.25, -0.2) is 0 Å². The second-order valence-corrected chi connectivity index (χ2v) is 5.67. The smallest absolute Gasteiger partial charge is 0.242 e. The highest BCUT2D eigenvalue weighted by Crippen LogP contribution is 2.23. The molecular formula is C17H27N3O. The first-order valence-corrected chi connectivity index (χ1v) is 8.05. The molecule has 1 aliphatic heterocycles. The molecular weight excluding hydrogens is 262 g/mol. The lowest BCUT2D eigenvalue weighted by Gasteiger charge is -2.34. The van der Waals surface area contributed by atoms with Gasteiger partial charge < -0.3 is 15.5 Å². The Balaban J connectivity index is 2.08. The molecule has 116 valence electrons. The molecule has 1 aliphatic rings. The molecule has 2 N–H and O–H groups in total. The fraction of sp³-hybridized carbons (Fsp3) is 0.588. The second-order valence-electron chi connectivity index (χ2n) is 5.67. The molecule has 21 heavy (non-hydrogen) atoms. The Hall–Kier alpha value is -1.55. The molecule has 2 unspecified atom stereocenters. The van der Waals surface area contributed by atoms with E-state index in [1.54, 1.807) is 0 Å². The van der Waals surface area contributed by atoms with Crippen molar-refractivity contribution in [2.45, 2.75) is 45.7 Å². The van der Waals surface area contributed by atoms with Crippen LogP contribution >= 0.6 is 0 Å². The van der Waals surface area contributed by atoms with E-state index in [2.05, 4.69) is 53.6 Å². The minimum Gasteiger partial charge on any atom is -0.358 e. The van der Waals surface area contributed by atoms with E-state index in [0.717, 1.165) is 38.2 Å². The largest absolute Gasteiger partial charge is 0.358 e. The van der Waals surface area contributed by atoms with Crippen LogP contribution in [0.4, 0.5) is 5.69 Å². The maximum absolute atomic E-state index is 11.8. The van der Waals surface area contributed by atoms with E-state index in [0.29, 0.717) is 6.04 Å². The molecule has 2 atom stereocenters. The lowest BCUT2D eigenvalue weighted by molar-refractivity contribution is -0.122. The highest BCUT2D eigenvalue weighted by molar-refractivity contribution is 5.86. The van der Waals surface area contributed by atoms with Crippen LogP contribution in [0.1, 0.15) is 45.2 Å². The molecule has 4 nitrogen and oxygen atoms in total. The molecule has 1 fully saturated rings. The van der Waals surface area contributed by atoms with Crippen LogP contribution in [0.25, 0.3) is 0 Å². The molecule has 1 heterocycles. The van der Waals surface area contributed by atoms with Gasteiger partial charge in [-0.15, -0.1) is 0 Å². The van der Waals surface area contributed by atoms with Crippen molar-refractivity contribution in [2.75, 3.05) is 24.5 Å². The molecule has 4 heteroatoms. The maximum Gasteiger partial charge on any atom is 0.242 e. The molecule has 1 saturated heterocycles. The Morgan fingerprint density at radius 2 is 2.05 bits per heavy atom. The van der Waals surface area contributed by atoms with E-state index in [1.165, 1.54) is 5.56 Å². The third-order valence-electron chi connectivity index (χ3n) is 4.17. The number of carbonyl (C=O) groups excluding carboxylic acids is 1. The van der Waals surface area contributed by atoms with Crippen LogP contribution < -0.4 is 15.5 Å². The van der Waals surface area contributed by atoms with Gasteiger partial charge in [-0.3, -0.25) is 4.79 Å². The summed E-state index contributed by atoms with van der Waals surface area (Å²) in [4.78, 5) is 13.9. The Morgan fingerprint density at radius 3 is 2.67 bits per heavy atom. The molecule has 1 amide bonds. The summed E-state index contributed by atoms with van der Waals surface area (Å²) >= 11 is 0. The number of hydrogen-bond acceptors (Lipinski definition) is 3. The van der Waals surface area contributed by atoms with Crippen molar-refractivity contribution < 1.29 is 4.79 Å². The van der Waals surface area contributed by atoms with Gasteiger partial charge in [0.25, 0.3) is 0 Å². The van der Waals surface area contributed by atoms with Crippen molar-refractivity contribution >= 4 is 11.6 Å². The van der Waals surface area contributed by atoms with Gasteiger partial charge in [0.05, 0.1) is 0 Å². The first-order chi connectivity index (χ1) is 10.2. The van der Waals surface area contributed by atoms with Crippen LogP contribution in [-0.2, 0) is 4.79 Å². The molecule has 0 aromatic heterocycles. The summed E-state index contributed by atoms with van der Waals surface area (Å²) in [6.07, 6.45) is 2.23. The van der Waals surface area contributed by atoms with Crippen LogP contribution in [0.2, 0.25) is 0 Å². The monoisotopic (exact) mass is 289 g/mol. The Kier molecular flexibility index (Phi) is 5.62. The molecule has 0 aliphatic carbocycles. The predicted molar refractivity (Wildman–Crippen MR) is 87.6 cm³/mol. The summed E-state index contributed by atoms with van der Waals surface area (Å²) < 4.78 is 0. The molecule has 1 aromatic carbocycles. The average molecular weight is 289 g/mol. The number of rotatable bonds is 6. The average Bonchev–Trinajstić information content (AvgIpc) is 2.51. The highest BCUT2D eigenvalue weighted by atomic mass is 16.2. The molecule has 1 aromatic rings. The third-order valence-corrected chi connectivity index (χ3v) is 4.17. The topological polar surface area (TPSA) is 44.4 Å². The number of amides is 1. The van der Waals surface area contributed by atoms with Gasteiger partial charge in [-0.05, 0) is 44.0 Å². The van der Waals surface area contributed by atoms with Crippen molar-refractivity contribution in [3.63, 3.8) is 0 Å². The molecule has 0 saturated carbocycles. The minimum absolute atomic E-state index is 0.0928. The number of anilines is 1. The van der Waals surface area contributed by atoms with E-state index in [9.17, 15) is 4.79 Å². The summed E-state index contributed by atoms with van der Waals surface area (Å²) in [5.41, 5.74) is 2.45. The summed E-state index contributed by atoms with van der Waals surface area (Å²) in [6, 6.07) is 8.98. The predicted octanol–water partition coefficient (Wildman–Crippen LogP) is 2.46. The molecule has 2 rings (SSSR count). The van der Waals surface area contributed by atoms with Crippen LogP contribution in [0.5, 0.6) is 0 Å². The number of carbonyl (C=O) groups is 1. The van der Waals surface area contributed by atoms with Crippen LogP contribution in [0.3, 0.4) is 0 Å². The van der Waals surface area contributed by atoms with Gasteiger partial charge in [0.15, 0.2) is 0 Å². The van der Waals surface area contributed by atoms with Gasteiger partial charge in [0.2, 0.25) is 5.91 Å². The van der Waals surface area contributed by atoms with E-state index >= 15 is 0 Å². The zero-order valence-corrected chi connectivity index (χ0v) is 13.4. The van der Waals surface area contributed by atoms with Gasteiger partial charge >= 0.3 is 0 Å². The van der Waals surface area contributed by atoms with E-state index in [4.69, 9.17) is 0 Å². The van der Waals surface area contributed by atoms with Gasteiger partial charge in [0, 0.05) is 24.8 Å². The van der Waals surface area contributed by atoms with E-state index < -0.39 is 0 Å². The van der Waals surface area contributed by atoms with Gasteiger partial charge in [-0.2, -0.15) is 0 Å². The van der Waals surface area contributed by atoms with Crippen molar-refractivity contribution in [2.24, 2.45) is 0 Å². The van der Waals surface area contributed by atoms with Gasteiger partial charge in [0.1, 0.15) is 6.04 Å². The lowest BCUT2D eigenvalue weighted by atomic mass is 10.0. The number of nitrogens with one attached hydrogen (secondary N) is 2. The first-order valence-electron chi connectivity index (χ1n) is 8.05. The Labute approximate surface area is 127 Å². The minimum atomic E-state index is -0.0928. The Morgan fingerprint density at radius 1 is 1.33 bits per heavy atom. The number of hydrogen-bond donors (Lipinski definition) is 2. The van der Waals surface area contributed by atoms with Crippen molar-refractivity contribution in [1.82, 2.24) is 10.6 Å².